The highest BCUT2D eigenvalue weighted by Gasteiger charge is 2.19. The van der Waals surface area contributed by atoms with Crippen LogP contribution in [0, 0.1) is 0 Å². The van der Waals surface area contributed by atoms with E-state index in [-0.39, 0.29) is 16.1 Å². The van der Waals surface area contributed by atoms with Gasteiger partial charge in [-0.3, -0.25) is 4.79 Å². The van der Waals surface area contributed by atoms with E-state index in [9.17, 15) is 13.2 Å². The zero-order chi connectivity index (χ0) is 20.8. The lowest BCUT2D eigenvalue weighted by molar-refractivity contribution is 0.597. The number of nitrogens with two attached hydrogens (primary N) is 1. The summed E-state index contributed by atoms with van der Waals surface area (Å²) in [6, 6.07) is 17.5. The Labute approximate surface area is 176 Å². The molecular formula is C21H13Cl2NO4S. The highest BCUT2D eigenvalue weighted by atomic mass is 35.5. The van der Waals surface area contributed by atoms with Crippen LogP contribution in [-0.2, 0) is 10.0 Å². The van der Waals surface area contributed by atoms with Gasteiger partial charge in [0.25, 0.3) is 0 Å². The van der Waals surface area contributed by atoms with Gasteiger partial charge in [0.15, 0.2) is 0 Å². The van der Waals surface area contributed by atoms with E-state index in [1.165, 1.54) is 24.3 Å². The SMILES string of the molecule is NS(=O)(=O)c1ccc(-c2oc3ccccc3c(=O)c2-c2ccc(Cl)c(Cl)c2)cc1. The zero-order valence-electron chi connectivity index (χ0n) is 14.7. The van der Waals surface area contributed by atoms with Gasteiger partial charge in [-0.05, 0) is 54.1 Å². The molecule has 8 heteroatoms. The summed E-state index contributed by atoms with van der Waals surface area (Å²) in [5.74, 6) is 0.285. The van der Waals surface area contributed by atoms with Crippen molar-refractivity contribution in [1.29, 1.82) is 0 Å². The Hall–Kier alpha value is -2.64. The van der Waals surface area contributed by atoms with Crippen LogP contribution >= 0.6 is 23.2 Å². The first kappa shape index (κ1) is 19.7. The van der Waals surface area contributed by atoms with Crippen LogP contribution < -0.4 is 10.6 Å². The molecule has 0 unspecified atom stereocenters. The summed E-state index contributed by atoms with van der Waals surface area (Å²) in [5, 5.41) is 6.24. The van der Waals surface area contributed by atoms with Crippen molar-refractivity contribution in [3.63, 3.8) is 0 Å². The second-order valence-electron chi connectivity index (χ2n) is 6.33. The Kier molecular flexibility index (Phi) is 4.96. The zero-order valence-corrected chi connectivity index (χ0v) is 17.1. The van der Waals surface area contributed by atoms with Gasteiger partial charge in [0, 0.05) is 5.56 Å². The van der Waals surface area contributed by atoms with Crippen LogP contribution in [0.1, 0.15) is 0 Å². The minimum absolute atomic E-state index is 0.0412. The molecule has 0 radical (unpaired) electrons. The minimum Gasteiger partial charge on any atom is -0.455 e. The first-order chi connectivity index (χ1) is 13.8. The maximum atomic E-state index is 13.3. The van der Waals surface area contributed by atoms with Crippen LogP contribution in [0.3, 0.4) is 0 Å². The lowest BCUT2D eigenvalue weighted by Gasteiger charge is -2.11. The molecule has 0 saturated carbocycles. The Morgan fingerprint density at radius 1 is 0.828 bits per heavy atom. The molecule has 3 aromatic carbocycles. The molecule has 2 N–H and O–H groups in total. The lowest BCUT2D eigenvalue weighted by atomic mass is 9.98. The molecule has 0 amide bonds. The van der Waals surface area contributed by atoms with Crippen LogP contribution in [0.2, 0.25) is 10.0 Å². The fraction of sp³-hybridized carbons (Fsp3) is 0. The van der Waals surface area contributed by atoms with Crippen LogP contribution in [-0.4, -0.2) is 8.42 Å². The Balaban J connectivity index is 2.04. The summed E-state index contributed by atoms with van der Waals surface area (Å²) in [5.41, 5.74) is 1.51. The predicted octanol–water partition coefficient (Wildman–Crippen LogP) is 5.08. The monoisotopic (exact) mass is 445 g/mol. The quantitative estimate of drug-likeness (QED) is 0.475. The van der Waals surface area contributed by atoms with Crippen molar-refractivity contribution in [2.75, 3.05) is 0 Å². The van der Waals surface area contributed by atoms with Gasteiger partial charge in [0.2, 0.25) is 15.5 Å². The highest BCUT2D eigenvalue weighted by molar-refractivity contribution is 7.89. The molecule has 0 spiro atoms. The molecule has 5 nitrogen and oxygen atoms in total. The number of rotatable bonds is 3. The number of halogens is 2. The van der Waals surface area contributed by atoms with Crippen molar-refractivity contribution in [2.24, 2.45) is 5.14 Å². The third-order valence-electron chi connectivity index (χ3n) is 4.45. The van der Waals surface area contributed by atoms with Crippen molar-refractivity contribution in [1.82, 2.24) is 0 Å². The van der Waals surface area contributed by atoms with Gasteiger partial charge in [-0.25, -0.2) is 13.6 Å². The Morgan fingerprint density at radius 3 is 2.14 bits per heavy atom. The van der Waals surface area contributed by atoms with Gasteiger partial charge >= 0.3 is 0 Å². The number of para-hydroxylation sites is 1. The fourth-order valence-electron chi connectivity index (χ4n) is 3.06. The largest absolute Gasteiger partial charge is 0.455 e. The minimum atomic E-state index is -3.84. The molecule has 1 heterocycles. The maximum absolute atomic E-state index is 13.3. The molecule has 0 aliphatic carbocycles. The van der Waals surface area contributed by atoms with Crippen LogP contribution in [0.15, 0.2) is 80.8 Å². The van der Waals surface area contributed by atoms with Crippen LogP contribution in [0.25, 0.3) is 33.4 Å². The first-order valence-corrected chi connectivity index (χ1v) is 10.7. The Bertz CT molecular complexity index is 1410. The molecule has 0 atom stereocenters. The predicted molar refractivity (Wildman–Crippen MR) is 115 cm³/mol. The second kappa shape index (κ2) is 7.31. The van der Waals surface area contributed by atoms with E-state index in [1.807, 2.05) is 0 Å². The third kappa shape index (κ3) is 3.68. The average Bonchev–Trinajstić information content (AvgIpc) is 2.70. The summed E-state index contributed by atoms with van der Waals surface area (Å²) in [7, 11) is -3.84. The molecule has 0 aliphatic heterocycles. The number of sulfonamides is 1. The summed E-state index contributed by atoms with van der Waals surface area (Å²) >= 11 is 12.2. The lowest BCUT2D eigenvalue weighted by Crippen LogP contribution is -2.12. The molecule has 0 fully saturated rings. The number of hydrogen-bond acceptors (Lipinski definition) is 4. The molecule has 0 aliphatic rings. The van der Waals surface area contributed by atoms with E-state index in [2.05, 4.69) is 0 Å². The smallest absolute Gasteiger partial charge is 0.238 e. The van der Waals surface area contributed by atoms with E-state index in [1.54, 1.807) is 42.5 Å². The number of benzene rings is 3. The molecule has 146 valence electrons. The summed E-state index contributed by atoms with van der Waals surface area (Å²) in [6.45, 7) is 0. The van der Waals surface area contributed by atoms with Crippen molar-refractivity contribution < 1.29 is 12.8 Å². The van der Waals surface area contributed by atoms with E-state index in [0.717, 1.165) is 0 Å². The normalized spacial score (nSPS) is 11.7. The molecule has 29 heavy (non-hydrogen) atoms. The van der Waals surface area contributed by atoms with Crippen molar-refractivity contribution in [3.8, 4) is 22.5 Å². The van der Waals surface area contributed by atoms with Crippen LogP contribution in [0.5, 0.6) is 0 Å². The molecule has 0 saturated heterocycles. The summed E-state index contributed by atoms with van der Waals surface area (Å²) in [6.07, 6.45) is 0. The van der Waals surface area contributed by atoms with Crippen molar-refractivity contribution in [2.45, 2.75) is 4.90 Å². The molecule has 0 bridgehead atoms. The van der Waals surface area contributed by atoms with Crippen molar-refractivity contribution >= 4 is 44.2 Å². The number of fused-ring (bicyclic) bond motifs is 1. The molecule has 1 aromatic heterocycles. The standard InChI is InChI=1S/C21H13Cl2NO4S/c22-16-10-7-13(11-17(16)23)19-20(25)15-3-1-2-4-18(15)28-21(19)12-5-8-14(9-6-12)29(24,26)27/h1-11H,(H2,24,26,27). The summed E-state index contributed by atoms with van der Waals surface area (Å²) < 4.78 is 29.1. The Morgan fingerprint density at radius 2 is 1.48 bits per heavy atom. The highest BCUT2D eigenvalue weighted by Crippen LogP contribution is 2.35. The third-order valence-corrected chi connectivity index (χ3v) is 6.12. The summed E-state index contributed by atoms with van der Waals surface area (Å²) in [4.78, 5) is 13.3. The average molecular weight is 446 g/mol. The maximum Gasteiger partial charge on any atom is 0.238 e. The number of hydrogen-bond donors (Lipinski definition) is 1. The van der Waals surface area contributed by atoms with Crippen molar-refractivity contribution in [3.05, 3.63) is 87.0 Å². The second-order valence-corrected chi connectivity index (χ2v) is 8.71. The van der Waals surface area contributed by atoms with Gasteiger partial charge in [0.1, 0.15) is 11.3 Å². The fourth-order valence-corrected chi connectivity index (χ4v) is 3.87. The van der Waals surface area contributed by atoms with Gasteiger partial charge in [-0.15, -0.1) is 0 Å². The van der Waals surface area contributed by atoms with E-state index in [0.29, 0.717) is 37.7 Å². The molecular weight excluding hydrogens is 433 g/mol. The van der Waals surface area contributed by atoms with Gasteiger partial charge in [-0.1, -0.05) is 41.4 Å². The van der Waals surface area contributed by atoms with Gasteiger partial charge < -0.3 is 4.42 Å². The van der Waals surface area contributed by atoms with E-state index < -0.39 is 10.0 Å². The van der Waals surface area contributed by atoms with Gasteiger partial charge in [-0.2, -0.15) is 0 Å². The topological polar surface area (TPSA) is 90.4 Å². The van der Waals surface area contributed by atoms with Gasteiger partial charge in [0.05, 0.1) is 25.9 Å². The first-order valence-electron chi connectivity index (χ1n) is 8.40. The molecule has 4 aromatic rings. The van der Waals surface area contributed by atoms with E-state index >= 15 is 0 Å². The van der Waals surface area contributed by atoms with E-state index in [4.69, 9.17) is 32.8 Å². The molecule has 4 rings (SSSR count). The number of primary sulfonamides is 1. The van der Waals surface area contributed by atoms with Crippen LogP contribution in [0.4, 0.5) is 0 Å².